The van der Waals surface area contributed by atoms with E-state index in [2.05, 4.69) is 31.4 Å². The second-order valence-corrected chi connectivity index (χ2v) is 16.5. The summed E-state index contributed by atoms with van der Waals surface area (Å²) in [7, 11) is 5.32. The number of hydroxylamine groups is 2. The summed E-state index contributed by atoms with van der Waals surface area (Å²) >= 11 is 0. The number of methoxy groups -OCH3 is 1. The zero-order chi connectivity index (χ0) is 38.2. The van der Waals surface area contributed by atoms with Crippen LogP contribution < -0.4 is 26.0 Å². The smallest absolute Gasteiger partial charge is 0.252 e. The van der Waals surface area contributed by atoms with Gasteiger partial charge in [-0.25, -0.2) is 0 Å². The number of hydrogen-bond donors (Lipinski definition) is 5. The van der Waals surface area contributed by atoms with Crippen molar-refractivity contribution < 1.29 is 34.2 Å². The molecule has 2 aromatic carbocycles. The Kier molecular flexibility index (Phi) is 11.9. The fourth-order valence-electron chi connectivity index (χ4n) is 8.95. The topological polar surface area (TPSA) is 167 Å². The van der Waals surface area contributed by atoms with Gasteiger partial charge < -0.3 is 36.2 Å². The third kappa shape index (κ3) is 7.81. The van der Waals surface area contributed by atoms with Crippen molar-refractivity contribution in [2.45, 2.75) is 97.7 Å². The van der Waals surface area contributed by atoms with Crippen LogP contribution in [-0.2, 0) is 21.0 Å². The van der Waals surface area contributed by atoms with Crippen molar-refractivity contribution in [3.8, 4) is 16.9 Å². The number of aliphatic hydroxyl groups excluding tert-OH is 2. The number of ether oxygens (including phenoxy) is 1. The molecule has 1 aliphatic heterocycles. The summed E-state index contributed by atoms with van der Waals surface area (Å²) in [5.41, 5.74) is 9.13. The van der Waals surface area contributed by atoms with E-state index in [1.54, 1.807) is 31.2 Å². The largest absolute Gasteiger partial charge is 0.496 e. The van der Waals surface area contributed by atoms with E-state index in [0.717, 1.165) is 12.1 Å². The first-order valence-corrected chi connectivity index (χ1v) is 18.6. The maximum atomic E-state index is 14.2. The van der Waals surface area contributed by atoms with Gasteiger partial charge in [0, 0.05) is 48.4 Å². The number of amides is 3. The van der Waals surface area contributed by atoms with E-state index >= 15 is 0 Å². The lowest BCUT2D eigenvalue weighted by Crippen LogP contribution is -2.62. The summed E-state index contributed by atoms with van der Waals surface area (Å²) < 4.78 is 6.02. The number of carbonyl (C=O) groups is 3. The number of aliphatic hydroxyl groups is 2. The average molecular weight is 722 g/mol. The number of para-hydroxylation sites is 1. The minimum atomic E-state index is -0.921. The summed E-state index contributed by atoms with van der Waals surface area (Å²) in [6.45, 7) is 12.2. The van der Waals surface area contributed by atoms with Crippen LogP contribution in [0.3, 0.4) is 0 Å². The number of fused-ring (bicyclic) bond motifs is 2. The summed E-state index contributed by atoms with van der Waals surface area (Å²) in [4.78, 5) is 48.0. The molecule has 9 atom stereocenters. The van der Waals surface area contributed by atoms with Crippen molar-refractivity contribution in [2.24, 2.45) is 40.7 Å². The van der Waals surface area contributed by atoms with Crippen molar-refractivity contribution >= 4 is 23.4 Å². The first kappa shape index (κ1) is 39.5. The maximum absolute atomic E-state index is 14.2. The van der Waals surface area contributed by atoms with E-state index in [1.165, 1.54) is 6.42 Å². The van der Waals surface area contributed by atoms with E-state index in [9.17, 15) is 24.6 Å². The van der Waals surface area contributed by atoms with E-state index in [4.69, 9.17) is 15.3 Å². The highest BCUT2D eigenvalue weighted by atomic mass is 16.7. The van der Waals surface area contributed by atoms with Gasteiger partial charge in [-0.2, -0.15) is 5.06 Å². The fourth-order valence-corrected chi connectivity index (χ4v) is 8.95. The highest BCUT2D eigenvalue weighted by molar-refractivity contribution is 5.99. The predicted molar refractivity (Wildman–Crippen MR) is 200 cm³/mol. The molecule has 12 heteroatoms. The molecule has 3 saturated carbocycles. The molecule has 3 aliphatic carbocycles. The lowest BCUT2D eigenvalue weighted by atomic mass is 9.45. The van der Waals surface area contributed by atoms with Crippen LogP contribution in [0.5, 0.6) is 5.75 Å². The van der Waals surface area contributed by atoms with Crippen molar-refractivity contribution in [3.63, 3.8) is 0 Å². The number of rotatable bonds is 14. The molecule has 0 radical (unpaired) electrons. The van der Waals surface area contributed by atoms with Crippen LogP contribution in [0.2, 0.25) is 0 Å². The Balaban J connectivity index is 1.46. The molecule has 0 spiro atoms. The van der Waals surface area contributed by atoms with Crippen LogP contribution in [0.15, 0.2) is 36.4 Å². The number of anilines is 1. The van der Waals surface area contributed by atoms with Crippen LogP contribution in [0.1, 0.15) is 76.7 Å². The Hall–Kier alpha value is -3.71. The van der Waals surface area contributed by atoms with Crippen LogP contribution in [0.4, 0.5) is 5.69 Å². The minimum absolute atomic E-state index is 0.0193. The van der Waals surface area contributed by atoms with Gasteiger partial charge in [0.05, 0.1) is 26.4 Å². The first-order valence-electron chi connectivity index (χ1n) is 18.6. The molecule has 6 rings (SSSR count). The number of benzene rings is 2. The molecule has 52 heavy (non-hydrogen) atoms. The molecule has 12 nitrogen and oxygen atoms in total. The number of primary amides is 1. The van der Waals surface area contributed by atoms with Gasteiger partial charge in [0.15, 0.2) is 0 Å². The Labute approximate surface area is 308 Å². The molecule has 6 N–H and O–H groups in total. The number of nitrogens with zero attached hydrogens (tertiary/aromatic N) is 2. The third-order valence-corrected chi connectivity index (χ3v) is 12.1. The molecule has 4 aliphatic rings. The Bertz CT molecular complexity index is 1630. The molecule has 286 valence electrons. The quantitative estimate of drug-likeness (QED) is 0.196. The van der Waals surface area contributed by atoms with Gasteiger partial charge in [0.1, 0.15) is 23.9 Å². The summed E-state index contributed by atoms with van der Waals surface area (Å²) in [5, 5.41) is 28.9. The van der Waals surface area contributed by atoms with E-state index in [-0.39, 0.29) is 36.4 Å². The standard InChI is InChI=1S/C40H59N5O7/c1-21(2)13-32(37(41)48)43-38(49)26-14-25(15-28(16-26)44(7)8)29-12-10-11-24(36(29)51-9)19-45-35(34(23(4)47)33(20-46)52-45)39(50)42-31-18-27-17-30(22(31)3)40(27,5)6/h10-12,14-16,21-23,27,30-35,46-47H,13,17-20H2,1-9H3,(H2,41,48)(H,42,50)(H,43,49)/t22-,23-,27-,30+,31-,32-,33-,34+,35-/m0/s1. The molecule has 2 aromatic rings. The van der Waals surface area contributed by atoms with Gasteiger partial charge in [0.2, 0.25) is 11.8 Å². The van der Waals surface area contributed by atoms with Crippen molar-refractivity contribution in [1.82, 2.24) is 15.7 Å². The first-order chi connectivity index (χ1) is 24.5. The second-order valence-electron chi connectivity index (χ2n) is 16.5. The normalized spacial score (nSPS) is 27.7. The molecule has 2 bridgehead atoms. The predicted octanol–water partition coefficient (Wildman–Crippen LogP) is 3.72. The van der Waals surface area contributed by atoms with Gasteiger partial charge in [-0.1, -0.05) is 52.8 Å². The Morgan fingerprint density at radius 3 is 2.40 bits per heavy atom. The average Bonchev–Trinajstić information content (AvgIpc) is 3.46. The zero-order valence-electron chi connectivity index (χ0n) is 32.2. The molecular formula is C40H59N5O7. The zero-order valence-corrected chi connectivity index (χ0v) is 32.2. The van der Waals surface area contributed by atoms with E-state index in [0.29, 0.717) is 52.2 Å². The number of hydrogen-bond acceptors (Lipinski definition) is 9. The summed E-state index contributed by atoms with van der Waals surface area (Å²) in [5.74, 6) is 0.180. The lowest BCUT2D eigenvalue weighted by Gasteiger charge is -2.62. The van der Waals surface area contributed by atoms with Gasteiger partial charge in [-0.3, -0.25) is 19.2 Å². The Morgan fingerprint density at radius 1 is 1.13 bits per heavy atom. The molecule has 0 unspecified atom stereocenters. The SMILES string of the molecule is COc1c(CN2O[C@@H](CO)[C@@H]([C@H](C)O)[C@H]2C(=O)N[C@H]2C[C@@H]3C[C@H]([C@@H]2C)C3(C)C)cccc1-c1cc(C(=O)N[C@@H](CC(C)C)C(N)=O)cc(N(C)C)c1. The van der Waals surface area contributed by atoms with Crippen LogP contribution in [-0.4, -0.2) is 91.1 Å². The third-order valence-electron chi connectivity index (χ3n) is 12.1. The molecule has 1 saturated heterocycles. The summed E-state index contributed by atoms with van der Waals surface area (Å²) in [6.07, 6.45) is 0.818. The Morgan fingerprint density at radius 2 is 1.85 bits per heavy atom. The van der Waals surface area contributed by atoms with Gasteiger partial charge in [0.25, 0.3) is 5.91 Å². The van der Waals surface area contributed by atoms with Crippen molar-refractivity contribution in [3.05, 3.63) is 47.5 Å². The molecule has 4 fully saturated rings. The van der Waals surface area contributed by atoms with Crippen LogP contribution in [0.25, 0.3) is 11.1 Å². The second kappa shape index (κ2) is 15.7. The van der Waals surface area contributed by atoms with E-state index < -0.39 is 42.0 Å². The highest BCUT2D eigenvalue weighted by Crippen LogP contribution is 2.61. The minimum Gasteiger partial charge on any atom is -0.496 e. The lowest BCUT2D eigenvalue weighted by molar-refractivity contribution is -0.183. The highest BCUT2D eigenvalue weighted by Gasteiger charge is 2.57. The molecule has 1 heterocycles. The van der Waals surface area contributed by atoms with Crippen molar-refractivity contribution in [2.75, 3.05) is 32.7 Å². The van der Waals surface area contributed by atoms with Crippen LogP contribution >= 0.6 is 0 Å². The number of nitrogens with two attached hydrogens (primary N) is 1. The van der Waals surface area contributed by atoms with Gasteiger partial charge in [-0.05, 0) is 79.0 Å². The molecular weight excluding hydrogens is 662 g/mol. The number of nitrogens with one attached hydrogen (secondary N) is 2. The van der Waals surface area contributed by atoms with Gasteiger partial charge >= 0.3 is 0 Å². The molecule has 0 aromatic heterocycles. The summed E-state index contributed by atoms with van der Waals surface area (Å²) in [6, 6.07) is 9.46. The van der Waals surface area contributed by atoms with E-state index in [1.807, 2.05) is 57.1 Å². The monoisotopic (exact) mass is 721 g/mol. The van der Waals surface area contributed by atoms with Gasteiger partial charge in [-0.15, -0.1) is 0 Å². The van der Waals surface area contributed by atoms with Crippen molar-refractivity contribution in [1.29, 1.82) is 0 Å². The maximum Gasteiger partial charge on any atom is 0.252 e. The fraction of sp³-hybridized carbons (Fsp3) is 0.625. The van der Waals surface area contributed by atoms with Crippen LogP contribution in [0, 0.1) is 35.0 Å². The molecule has 3 amide bonds. The number of carbonyl (C=O) groups excluding carboxylic acids is 3.